The molecule has 1 unspecified atom stereocenters. The van der Waals surface area contributed by atoms with Crippen molar-refractivity contribution >= 4 is 17.6 Å². The molecule has 2 rings (SSSR count). The van der Waals surface area contributed by atoms with E-state index in [0.29, 0.717) is 31.0 Å². The number of rotatable bonds is 5. The lowest BCUT2D eigenvalue weighted by Crippen LogP contribution is -2.30. The van der Waals surface area contributed by atoms with Crippen LogP contribution in [-0.4, -0.2) is 28.6 Å². The fourth-order valence-electron chi connectivity index (χ4n) is 2.78. The molecule has 6 nitrogen and oxygen atoms in total. The van der Waals surface area contributed by atoms with Crippen LogP contribution >= 0.6 is 0 Å². The molecule has 1 saturated carbocycles. The number of carbonyl (C=O) groups is 2. The predicted octanol–water partition coefficient (Wildman–Crippen LogP) is 2.17. The summed E-state index contributed by atoms with van der Waals surface area (Å²) < 4.78 is 5.23. The molecule has 0 saturated heterocycles. The molecule has 0 radical (unpaired) electrons. The number of hydrogen-bond donors (Lipinski definition) is 2. The highest BCUT2D eigenvalue weighted by Crippen LogP contribution is 2.37. The summed E-state index contributed by atoms with van der Waals surface area (Å²) in [6, 6.07) is 3.37. The number of pyridine rings is 1. The summed E-state index contributed by atoms with van der Waals surface area (Å²) >= 11 is 0. The van der Waals surface area contributed by atoms with Gasteiger partial charge in [0.2, 0.25) is 11.8 Å². The van der Waals surface area contributed by atoms with Crippen molar-refractivity contribution in [1.29, 1.82) is 0 Å². The molecule has 1 aliphatic rings. The first kappa shape index (κ1) is 15.3. The second-order valence-corrected chi connectivity index (χ2v) is 5.44. The monoisotopic (exact) mass is 292 g/mol. The van der Waals surface area contributed by atoms with Crippen molar-refractivity contribution in [3.05, 3.63) is 18.3 Å². The Morgan fingerprint density at radius 3 is 2.67 bits per heavy atom. The molecule has 1 fully saturated rings. The van der Waals surface area contributed by atoms with Crippen LogP contribution in [0.25, 0.3) is 0 Å². The third-order valence-corrected chi connectivity index (χ3v) is 3.75. The zero-order valence-electron chi connectivity index (χ0n) is 12.2. The maximum atomic E-state index is 12.3. The van der Waals surface area contributed by atoms with E-state index in [4.69, 9.17) is 4.74 Å². The van der Waals surface area contributed by atoms with Crippen molar-refractivity contribution in [2.24, 2.45) is 17.8 Å². The average molecular weight is 292 g/mol. The van der Waals surface area contributed by atoms with Crippen LogP contribution in [0.2, 0.25) is 0 Å². The molecule has 114 valence electrons. The molecule has 0 aromatic carbocycles. The van der Waals surface area contributed by atoms with Gasteiger partial charge in [-0.1, -0.05) is 6.92 Å². The standard InChI is InChI=1S/C15H20N2O4/c1-3-21-13-5-4-10(8-16-13)17-14(18)11-6-9(2)7-12(11)15(19)20/h4-5,8-9,11-12H,3,6-7H2,1-2H3,(H,17,18)(H,19,20)/t9?,11-,12+/m0/s1. The van der Waals surface area contributed by atoms with Gasteiger partial charge < -0.3 is 15.2 Å². The molecule has 1 aliphatic carbocycles. The number of carbonyl (C=O) groups excluding carboxylic acids is 1. The molecule has 1 heterocycles. The van der Waals surface area contributed by atoms with Gasteiger partial charge in [-0.15, -0.1) is 0 Å². The molecule has 0 aliphatic heterocycles. The van der Waals surface area contributed by atoms with Crippen LogP contribution in [0.5, 0.6) is 5.88 Å². The summed E-state index contributed by atoms with van der Waals surface area (Å²) in [4.78, 5) is 27.5. The minimum Gasteiger partial charge on any atom is -0.481 e. The fourth-order valence-corrected chi connectivity index (χ4v) is 2.78. The molecule has 0 spiro atoms. The Morgan fingerprint density at radius 1 is 1.38 bits per heavy atom. The second-order valence-electron chi connectivity index (χ2n) is 5.44. The number of carboxylic acid groups (broad SMARTS) is 1. The third kappa shape index (κ3) is 3.71. The SMILES string of the molecule is CCOc1ccc(NC(=O)[C@H]2CC(C)C[C@H]2C(=O)O)cn1. The number of anilines is 1. The number of nitrogens with zero attached hydrogens (tertiary/aromatic N) is 1. The molecule has 1 aromatic heterocycles. The summed E-state index contributed by atoms with van der Waals surface area (Å²) in [7, 11) is 0. The molecular formula is C15H20N2O4. The minimum atomic E-state index is -0.899. The Balaban J connectivity index is 2.01. The summed E-state index contributed by atoms with van der Waals surface area (Å²) in [5.41, 5.74) is 0.548. The Labute approximate surface area is 123 Å². The number of hydrogen-bond acceptors (Lipinski definition) is 4. The minimum absolute atomic E-state index is 0.250. The van der Waals surface area contributed by atoms with Crippen molar-refractivity contribution in [2.75, 3.05) is 11.9 Å². The highest BCUT2D eigenvalue weighted by atomic mass is 16.5. The molecular weight excluding hydrogens is 272 g/mol. The maximum absolute atomic E-state index is 12.3. The van der Waals surface area contributed by atoms with Gasteiger partial charge in [-0.2, -0.15) is 0 Å². The largest absolute Gasteiger partial charge is 0.481 e. The van der Waals surface area contributed by atoms with E-state index in [1.54, 1.807) is 12.1 Å². The number of amides is 1. The van der Waals surface area contributed by atoms with Crippen LogP contribution < -0.4 is 10.1 Å². The van der Waals surface area contributed by atoms with Crippen molar-refractivity contribution < 1.29 is 19.4 Å². The number of nitrogens with one attached hydrogen (secondary N) is 1. The molecule has 1 aromatic rings. The van der Waals surface area contributed by atoms with E-state index in [2.05, 4.69) is 10.3 Å². The maximum Gasteiger partial charge on any atom is 0.307 e. The Hall–Kier alpha value is -2.11. The van der Waals surface area contributed by atoms with E-state index in [1.165, 1.54) is 6.20 Å². The quantitative estimate of drug-likeness (QED) is 0.868. The van der Waals surface area contributed by atoms with E-state index >= 15 is 0 Å². The topological polar surface area (TPSA) is 88.5 Å². The van der Waals surface area contributed by atoms with Crippen LogP contribution in [0.15, 0.2) is 18.3 Å². The van der Waals surface area contributed by atoms with E-state index in [1.807, 2.05) is 13.8 Å². The van der Waals surface area contributed by atoms with Gasteiger partial charge >= 0.3 is 5.97 Å². The summed E-state index contributed by atoms with van der Waals surface area (Å²) in [6.07, 6.45) is 2.67. The summed E-state index contributed by atoms with van der Waals surface area (Å²) in [6.45, 7) is 4.37. The summed E-state index contributed by atoms with van der Waals surface area (Å²) in [5.74, 6) is -1.49. The molecule has 6 heteroatoms. The van der Waals surface area contributed by atoms with Crippen molar-refractivity contribution in [3.8, 4) is 5.88 Å². The van der Waals surface area contributed by atoms with Crippen LogP contribution in [0.3, 0.4) is 0 Å². The van der Waals surface area contributed by atoms with Gasteiger partial charge in [0.15, 0.2) is 0 Å². The Kier molecular flexibility index (Phi) is 4.77. The number of ether oxygens (including phenoxy) is 1. The smallest absolute Gasteiger partial charge is 0.307 e. The summed E-state index contributed by atoms with van der Waals surface area (Å²) in [5, 5.41) is 11.9. The lowest BCUT2D eigenvalue weighted by atomic mass is 9.95. The van der Waals surface area contributed by atoms with E-state index in [-0.39, 0.29) is 11.8 Å². The fraction of sp³-hybridized carbons (Fsp3) is 0.533. The van der Waals surface area contributed by atoms with E-state index < -0.39 is 17.8 Å². The van der Waals surface area contributed by atoms with Gasteiger partial charge in [-0.25, -0.2) is 4.98 Å². The number of aromatic nitrogens is 1. The molecule has 0 bridgehead atoms. The highest BCUT2D eigenvalue weighted by Gasteiger charge is 2.41. The first-order valence-corrected chi connectivity index (χ1v) is 7.13. The van der Waals surface area contributed by atoms with Crippen molar-refractivity contribution in [3.63, 3.8) is 0 Å². The van der Waals surface area contributed by atoms with Gasteiger partial charge in [0.05, 0.1) is 30.3 Å². The van der Waals surface area contributed by atoms with Gasteiger partial charge in [0.1, 0.15) is 0 Å². The first-order chi connectivity index (χ1) is 10.0. The normalized spacial score (nSPS) is 24.6. The van der Waals surface area contributed by atoms with Gasteiger partial charge in [0, 0.05) is 6.07 Å². The molecule has 3 atom stereocenters. The van der Waals surface area contributed by atoms with E-state index in [9.17, 15) is 14.7 Å². The molecule has 21 heavy (non-hydrogen) atoms. The van der Waals surface area contributed by atoms with Gasteiger partial charge in [0.25, 0.3) is 0 Å². The van der Waals surface area contributed by atoms with Crippen molar-refractivity contribution in [2.45, 2.75) is 26.7 Å². The average Bonchev–Trinajstić information content (AvgIpc) is 2.84. The predicted molar refractivity (Wildman–Crippen MR) is 77.0 cm³/mol. The number of aliphatic carboxylic acids is 1. The highest BCUT2D eigenvalue weighted by molar-refractivity contribution is 5.95. The third-order valence-electron chi connectivity index (χ3n) is 3.75. The number of carboxylic acids is 1. The first-order valence-electron chi connectivity index (χ1n) is 7.13. The lowest BCUT2D eigenvalue weighted by Gasteiger charge is -2.15. The van der Waals surface area contributed by atoms with Gasteiger partial charge in [-0.05, 0) is 31.7 Å². The van der Waals surface area contributed by atoms with Crippen molar-refractivity contribution in [1.82, 2.24) is 4.98 Å². The lowest BCUT2D eigenvalue weighted by molar-refractivity contribution is -0.145. The zero-order valence-corrected chi connectivity index (χ0v) is 12.2. The van der Waals surface area contributed by atoms with Crippen LogP contribution in [0.4, 0.5) is 5.69 Å². The van der Waals surface area contributed by atoms with Crippen LogP contribution in [0, 0.1) is 17.8 Å². The van der Waals surface area contributed by atoms with Crippen LogP contribution in [0.1, 0.15) is 26.7 Å². The second kappa shape index (κ2) is 6.56. The van der Waals surface area contributed by atoms with E-state index in [0.717, 1.165) is 0 Å². The Bertz CT molecular complexity index is 515. The molecule has 1 amide bonds. The van der Waals surface area contributed by atoms with Gasteiger partial charge in [-0.3, -0.25) is 9.59 Å². The molecule has 2 N–H and O–H groups in total. The Morgan fingerprint density at radius 2 is 2.10 bits per heavy atom. The van der Waals surface area contributed by atoms with Crippen LogP contribution in [-0.2, 0) is 9.59 Å². The zero-order chi connectivity index (χ0) is 15.4.